The van der Waals surface area contributed by atoms with Gasteiger partial charge in [-0.2, -0.15) is 5.10 Å². The Hall–Kier alpha value is -3.16. The predicted molar refractivity (Wildman–Crippen MR) is 88.3 cm³/mol. The maximum absolute atomic E-state index is 12.1. The van der Waals surface area contributed by atoms with Gasteiger partial charge >= 0.3 is 6.03 Å². The lowest BCUT2D eigenvalue weighted by Crippen LogP contribution is -2.38. The summed E-state index contributed by atoms with van der Waals surface area (Å²) >= 11 is 0. The van der Waals surface area contributed by atoms with Gasteiger partial charge in [0.15, 0.2) is 0 Å². The molecule has 0 radical (unpaired) electrons. The van der Waals surface area contributed by atoms with Crippen LogP contribution in [0.15, 0.2) is 47.5 Å². The number of nitrogens with one attached hydrogen (secondary N) is 2. The Morgan fingerprint density at radius 3 is 3.00 bits per heavy atom. The van der Waals surface area contributed by atoms with Gasteiger partial charge in [0.2, 0.25) is 5.89 Å². The van der Waals surface area contributed by atoms with Crippen molar-refractivity contribution in [2.45, 2.75) is 26.4 Å². The molecule has 0 saturated heterocycles. The number of hydrogen-bond donors (Lipinski definition) is 2. The SMILES string of the molecule is Cc1cnc(-c2cccc(NC(=O)NC(C)Cn3cncn3)c2)o1. The molecule has 2 aromatic heterocycles. The highest BCUT2D eigenvalue weighted by molar-refractivity contribution is 5.90. The zero-order chi connectivity index (χ0) is 16.9. The number of hydrogen-bond acceptors (Lipinski definition) is 5. The minimum Gasteiger partial charge on any atom is -0.441 e. The van der Waals surface area contributed by atoms with Gasteiger partial charge in [-0.15, -0.1) is 0 Å². The normalized spacial score (nSPS) is 11.9. The molecule has 0 aliphatic carbocycles. The number of amides is 2. The topological polar surface area (TPSA) is 97.9 Å². The second-order valence-corrected chi connectivity index (χ2v) is 5.47. The largest absolute Gasteiger partial charge is 0.441 e. The van der Waals surface area contributed by atoms with E-state index >= 15 is 0 Å². The van der Waals surface area contributed by atoms with Crippen molar-refractivity contribution < 1.29 is 9.21 Å². The van der Waals surface area contributed by atoms with Gasteiger partial charge in [-0.25, -0.2) is 14.8 Å². The average molecular weight is 326 g/mol. The van der Waals surface area contributed by atoms with E-state index in [0.717, 1.165) is 11.3 Å². The van der Waals surface area contributed by atoms with Gasteiger partial charge in [0, 0.05) is 17.3 Å². The Kier molecular flexibility index (Phi) is 4.55. The van der Waals surface area contributed by atoms with Crippen molar-refractivity contribution in [3.63, 3.8) is 0 Å². The molecule has 8 nitrogen and oxygen atoms in total. The van der Waals surface area contributed by atoms with Gasteiger partial charge in [-0.05, 0) is 32.0 Å². The Bertz CT molecular complexity index is 812. The molecule has 8 heteroatoms. The van der Waals surface area contributed by atoms with Crippen LogP contribution in [0.5, 0.6) is 0 Å². The first kappa shape index (κ1) is 15.7. The number of benzene rings is 1. The van der Waals surface area contributed by atoms with Crippen molar-refractivity contribution >= 4 is 11.7 Å². The van der Waals surface area contributed by atoms with Crippen LogP contribution in [0.1, 0.15) is 12.7 Å². The monoisotopic (exact) mass is 326 g/mol. The highest BCUT2D eigenvalue weighted by Crippen LogP contribution is 2.22. The molecule has 3 rings (SSSR count). The van der Waals surface area contributed by atoms with Crippen LogP contribution in [0.2, 0.25) is 0 Å². The fourth-order valence-electron chi connectivity index (χ4n) is 2.26. The Morgan fingerprint density at radius 1 is 1.42 bits per heavy atom. The third-order valence-corrected chi connectivity index (χ3v) is 3.29. The molecule has 2 amide bonds. The van der Waals surface area contributed by atoms with E-state index in [-0.39, 0.29) is 12.1 Å². The van der Waals surface area contributed by atoms with Crippen LogP contribution in [-0.2, 0) is 6.54 Å². The number of anilines is 1. The third kappa shape index (κ3) is 3.97. The van der Waals surface area contributed by atoms with E-state index in [1.54, 1.807) is 23.3 Å². The van der Waals surface area contributed by atoms with Gasteiger partial charge in [0.25, 0.3) is 0 Å². The molecule has 1 unspecified atom stereocenters. The maximum Gasteiger partial charge on any atom is 0.319 e. The van der Waals surface area contributed by atoms with Crippen LogP contribution in [0.3, 0.4) is 0 Å². The first-order valence-electron chi connectivity index (χ1n) is 7.53. The van der Waals surface area contributed by atoms with Crippen LogP contribution >= 0.6 is 0 Å². The minimum absolute atomic E-state index is 0.0933. The molecular weight excluding hydrogens is 308 g/mol. The standard InChI is InChI=1S/C16H18N6O2/c1-11(8-22-10-17-9-19-22)20-16(23)21-14-5-3-4-13(6-14)15-18-7-12(2)24-15/h3-7,9-11H,8H2,1-2H3,(H2,20,21,23). The molecule has 2 heterocycles. The molecule has 0 spiro atoms. The first-order chi connectivity index (χ1) is 11.6. The average Bonchev–Trinajstić information content (AvgIpc) is 3.19. The van der Waals surface area contributed by atoms with Crippen molar-refractivity contribution in [3.8, 4) is 11.5 Å². The summed E-state index contributed by atoms with van der Waals surface area (Å²) in [6.07, 6.45) is 4.73. The summed E-state index contributed by atoms with van der Waals surface area (Å²) in [6.45, 7) is 4.28. The van der Waals surface area contributed by atoms with Crippen molar-refractivity contribution in [1.29, 1.82) is 0 Å². The lowest BCUT2D eigenvalue weighted by atomic mass is 10.2. The summed E-state index contributed by atoms with van der Waals surface area (Å²) in [4.78, 5) is 20.2. The van der Waals surface area contributed by atoms with E-state index in [2.05, 4.69) is 25.7 Å². The van der Waals surface area contributed by atoms with Gasteiger partial charge in [0.1, 0.15) is 18.4 Å². The van der Waals surface area contributed by atoms with Crippen LogP contribution in [-0.4, -0.2) is 31.8 Å². The molecule has 24 heavy (non-hydrogen) atoms. The molecule has 0 aliphatic heterocycles. The number of oxazole rings is 1. The number of nitrogens with zero attached hydrogens (tertiary/aromatic N) is 4. The van der Waals surface area contributed by atoms with Gasteiger partial charge < -0.3 is 15.1 Å². The minimum atomic E-state index is -0.289. The van der Waals surface area contributed by atoms with E-state index in [1.807, 2.05) is 32.0 Å². The Morgan fingerprint density at radius 2 is 2.29 bits per heavy atom. The molecule has 0 saturated carbocycles. The van der Waals surface area contributed by atoms with Crippen molar-refractivity contribution in [2.24, 2.45) is 0 Å². The summed E-state index contributed by atoms with van der Waals surface area (Å²) in [5.74, 6) is 1.26. The molecule has 1 atom stereocenters. The molecule has 0 fully saturated rings. The summed E-state index contributed by atoms with van der Waals surface area (Å²) in [5.41, 5.74) is 1.46. The van der Waals surface area contributed by atoms with Crippen LogP contribution in [0.25, 0.3) is 11.5 Å². The van der Waals surface area contributed by atoms with Crippen molar-refractivity contribution in [1.82, 2.24) is 25.1 Å². The van der Waals surface area contributed by atoms with Crippen molar-refractivity contribution in [2.75, 3.05) is 5.32 Å². The fourth-order valence-corrected chi connectivity index (χ4v) is 2.26. The Balaban J connectivity index is 1.60. The van der Waals surface area contributed by atoms with Gasteiger partial charge in [-0.1, -0.05) is 6.07 Å². The van der Waals surface area contributed by atoms with Crippen molar-refractivity contribution in [3.05, 3.63) is 48.9 Å². The van der Waals surface area contributed by atoms with Gasteiger partial charge in [0.05, 0.1) is 12.7 Å². The summed E-state index contributed by atoms with van der Waals surface area (Å²) in [5, 5.41) is 9.67. The highest BCUT2D eigenvalue weighted by atomic mass is 16.4. The second kappa shape index (κ2) is 6.95. The molecule has 0 aliphatic rings. The molecular formula is C16H18N6O2. The predicted octanol–water partition coefficient (Wildman–Crippen LogP) is 2.45. The molecule has 124 valence electrons. The number of aromatic nitrogens is 4. The number of carbonyl (C=O) groups is 1. The molecule has 0 bridgehead atoms. The zero-order valence-corrected chi connectivity index (χ0v) is 13.4. The van der Waals surface area contributed by atoms with E-state index in [9.17, 15) is 4.79 Å². The molecule has 2 N–H and O–H groups in total. The lowest BCUT2D eigenvalue weighted by Gasteiger charge is -2.14. The van der Waals surface area contributed by atoms with E-state index < -0.39 is 0 Å². The smallest absolute Gasteiger partial charge is 0.319 e. The number of aryl methyl sites for hydroxylation is 1. The summed E-state index contributed by atoms with van der Waals surface area (Å²) in [7, 11) is 0. The summed E-state index contributed by atoms with van der Waals surface area (Å²) in [6, 6.07) is 6.95. The van der Waals surface area contributed by atoms with E-state index in [1.165, 1.54) is 6.33 Å². The zero-order valence-electron chi connectivity index (χ0n) is 13.4. The lowest BCUT2D eigenvalue weighted by molar-refractivity contribution is 0.247. The fraction of sp³-hybridized carbons (Fsp3) is 0.250. The van der Waals surface area contributed by atoms with Crippen LogP contribution in [0, 0.1) is 6.92 Å². The molecule has 1 aromatic carbocycles. The molecule has 3 aromatic rings. The maximum atomic E-state index is 12.1. The van der Waals surface area contributed by atoms with Gasteiger partial charge in [-0.3, -0.25) is 4.68 Å². The highest BCUT2D eigenvalue weighted by Gasteiger charge is 2.10. The summed E-state index contributed by atoms with van der Waals surface area (Å²) < 4.78 is 7.16. The number of carbonyl (C=O) groups excluding carboxylic acids is 1. The number of urea groups is 1. The quantitative estimate of drug-likeness (QED) is 0.750. The Labute approximate surface area is 138 Å². The van der Waals surface area contributed by atoms with E-state index in [0.29, 0.717) is 18.1 Å². The second-order valence-electron chi connectivity index (χ2n) is 5.47. The van der Waals surface area contributed by atoms with E-state index in [4.69, 9.17) is 4.42 Å². The van der Waals surface area contributed by atoms with Crippen LogP contribution in [0.4, 0.5) is 10.5 Å². The van der Waals surface area contributed by atoms with Crippen LogP contribution < -0.4 is 10.6 Å². The first-order valence-corrected chi connectivity index (χ1v) is 7.53. The number of rotatable bonds is 5. The third-order valence-electron chi connectivity index (χ3n) is 3.29.